The molecule has 1 heterocycles. The van der Waals surface area contributed by atoms with Crippen LogP contribution in [0.15, 0.2) is 72.8 Å². The molecule has 32 heavy (non-hydrogen) atoms. The zero-order chi connectivity index (χ0) is 22.7. The maximum absolute atomic E-state index is 12.8. The van der Waals surface area contributed by atoms with Crippen molar-refractivity contribution in [1.82, 2.24) is 0 Å². The van der Waals surface area contributed by atoms with E-state index in [1.165, 1.54) is 0 Å². The van der Waals surface area contributed by atoms with Crippen LogP contribution in [-0.2, 0) is 0 Å². The number of nitrogens with zero attached hydrogens (tertiary/aromatic N) is 2. The van der Waals surface area contributed by atoms with E-state index < -0.39 is 0 Å². The molecule has 1 N–H and O–H groups in total. The second-order valence-electron chi connectivity index (χ2n) is 7.62. The van der Waals surface area contributed by atoms with Gasteiger partial charge in [0, 0.05) is 30.0 Å². The van der Waals surface area contributed by atoms with Gasteiger partial charge in [0.2, 0.25) is 0 Å². The Labute approximate surface area is 187 Å². The van der Waals surface area contributed by atoms with Gasteiger partial charge in [-0.1, -0.05) is 25.1 Å². The summed E-state index contributed by atoms with van der Waals surface area (Å²) in [6.07, 6.45) is 1.06. The third-order valence-electron chi connectivity index (χ3n) is 5.53. The molecular formula is C26H25N3O3. The van der Waals surface area contributed by atoms with Crippen LogP contribution in [0.25, 0.3) is 0 Å². The standard InChI is InChI=1S/C26H25N3O3/c1-3-16-28(4-2)20-14-12-18(13-15-20)24(30)27-19-8-7-9-21(17-19)29-25(31)22-10-5-6-11-23(22)26(29)32/h5-15,17H,3-4,16H2,1-2H3,(H,27,30). The molecule has 162 valence electrons. The number of benzene rings is 3. The Kier molecular flexibility index (Phi) is 6.03. The first kappa shape index (κ1) is 21.3. The van der Waals surface area contributed by atoms with Crippen molar-refractivity contribution >= 4 is 34.8 Å². The summed E-state index contributed by atoms with van der Waals surface area (Å²) in [6, 6.07) is 21.0. The summed E-state index contributed by atoms with van der Waals surface area (Å²) in [7, 11) is 0. The minimum atomic E-state index is -0.364. The van der Waals surface area contributed by atoms with Crippen LogP contribution < -0.4 is 15.1 Å². The number of imide groups is 1. The van der Waals surface area contributed by atoms with E-state index in [0.29, 0.717) is 28.1 Å². The first-order chi connectivity index (χ1) is 15.5. The monoisotopic (exact) mass is 427 g/mol. The molecule has 0 spiro atoms. The van der Waals surface area contributed by atoms with Crippen molar-refractivity contribution in [2.45, 2.75) is 20.3 Å². The van der Waals surface area contributed by atoms with E-state index in [2.05, 4.69) is 24.1 Å². The molecule has 0 saturated carbocycles. The molecule has 0 fully saturated rings. The smallest absolute Gasteiger partial charge is 0.266 e. The number of anilines is 3. The predicted octanol–water partition coefficient (Wildman–Crippen LogP) is 4.98. The highest BCUT2D eigenvalue weighted by Gasteiger charge is 2.36. The Morgan fingerprint density at radius 3 is 2.12 bits per heavy atom. The molecule has 3 aromatic carbocycles. The molecule has 0 saturated heterocycles. The van der Waals surface area contributed by atoms with Gasteiger partial charge in [-0.3, -0.25) is 14.4 Å². The third kappa shape index (κ3) is 3.99. The number of fused-ring (bicyclic) bond motifs is 1. The second kappa shape index (κ2) is 9.06. The quantitative estimate of drug-likeness (QED) is 0.540. The van der Waals surface area contributed by atoms with Crippen molar-refractivity contribution in [2.75, 3.05) is 28.2 Å². The lowest BCUT2D eigenvalue weighted by Crippen LogP contribution is -2.29. The van der Waals surface area contributed by atoms with Crippen molar-refractivity contribution in [3.05, 3.63) is 89.5 Å². The van der Waals surface area contributed by atoms with Crippen LogP contribution >= 0.6 is 0 Å². The predicted molar refractivity (Wildman–Crippen MR) is 127 cm³/mol. The Morgan fingerprint density at radius 1 is 0.875 bits per heavy atom. The summed E-state index contributed by atoms with van der Waals surface area (Å²) in [4.78, 5) is 41.6. The third-order valence-corrected chi connectivity index (χ3v) is 5.53. The van der Waals surface area contributed by atoms with Crippen molar-refractivity contribution in [3.63, 3.8) is 0 Å². The van der Waals surface area contributed by atoms with Gasteiger partial charge in [0.25, 0.3) is 17.7 Å². The van der Waals surface area contributed by atoms with Crippen molar-refractivity contribution in [2.24, 2.45) is 0 Å². The number of hydrogen-bond acceptors (Lipinski definition) is 4. The normalized spacial score (nSPS) is 12.6. The molecule has 3 amide bonds. The molecule has 6 heteroatoms. The SMILES string of the molecule is CCCN(CC)c1ccc(C(=O)Nc2cccc(N3C(=O)c4ccccc4C3=O)c2)cc1. The van der Waals surface area contributed by atoms with Gasteiger partial charge in [-0.05, 0) is 67.9 Å². The van der Waals surface area contributed by atoms with Crippen LogP contribution in [0.1, 0.15) is 51.3 Å². The minimum Gasteiger partial charge on any atom is -0.372 e. The molecule has 0 unspecified atom stereocenters. The topological polar surface area (TPSA) is 69.7 Å². The maximum atomic E-state index is 12.8. The molecule has 0 aromatic heterocycles. The highest BCUT2D eigenvalue weighted by molar-refractivity contribution is 6.34. The number of hydrogen-bond donors (Lipinski definition) is 1. The van der Waals surface area contributed by atoms with E-state index >= 15 is 0 Å². The zero-order valence-corrected chi connectivity index (χ0v) is 18.2. The fourth-order valence-electron chi connectivity index (χ4n) is 3.91. The average molecular weight is 428 g/mol. The lowest BCUT2D eigenvalue weighted by atomic mass is 10.1. The summed E-state index contributed by atoms with van der Waals surface area (Å²) >= 11 is 0. The fraction of sp³-hybridized carbons (Fsp3) is 0.192. The molecule has 0 bridgehead atoms. The summed E-state index contributed by atoms with van der Waals surface area (Å²) < 4.78 is 0. The van der Waals surface area contributed by atoms with Crippen LogP contribution in [0.3, 0.4) is 0 Å². The fourth-order valence-corrected chi connectivity index (χ4v) is 3.91. The maximum Gasteiger partial charge on any atom is 0.266 e. The van der Waals surface area contributed by atoms with Gasteiger partial charge in [-0.2, -0.15) is 0 Å². The van der Waals surface area contributed by atoms with E-state index in [-0.39, 0.29) is 17.7 Å². The number of amides is 3. The first-order valence-corrected chi connectivity index (χ1v) is 10.8. The van der Waals surface area contributed by atoms with Crippen LogP contribution in [0.5, 0.6) is 0 Å². The Hall–Kier alpha value is -3.93. The van der Waals surface area contributed by atoms with E-state index in [1.807, 2.05) is 12.1 Å². The van der Waals surface area contributed by atoms with Gasteiger partial charge in [0.1, 0.15) is 0 Å². The lowest BCUT2D eigenvalue weighted by Gasteiger charge is -2.22. The van der Waals surface area contributed by atoms with Crippen LogP contribution in [-0.4, -0.2) is 30.8 Å². The van der Waals surface area contributed by atoms with E-state index in [0.717, 1.165) is 30.1 Å². The lowest BCUT2D eigenvalue weighted by molar-refractivity contribution is 0.0925. The molecule has 4 rings (SSSR count). The van der Waals surface area contributed by atoms with Gasteiger partial charge in [-0.15, -0.1) is 0 Å². The molecular weight excluding hydrogens is 402 g/mol. The van der Waals surface area contributed by atoms with Crippen LogP contribution in [0.2, 0.25) is 0 Å². The molecule has 0 aliphatic carbocycles. The average Bonchev–Trinajstić information content (AvgIpc) is 3.08. The van der Waals surface area contributed by atoms with Crippen molar-refractivity contribution in [1.29, 1.82) is 0 Å². The molecule has 3 aromatic rings. The Morgan fingerprint density at radius 2 is 1.53 bits per heavy atom. The summed E-state index contributed by atoms with van der Waals surface area (Å²) in [5.74, 6) is -0.982. The second-order valence-corrected chi connectivity index (χ2v) is 7.62. The number of rotatable bonds is 7. The highest BCUT2D eigenvalue weighted by atomic mass is 16.2. The highest BCUT2D eigenvalue weighted by Crippen LogP contribution is 2.30. The van der Waals surface area contributed by atoms with E-state index in [1.54, 1.807) is 60.7 Å². The Bertz CT molecular complexity index is 1140. The summed E-state index contributed by atoms with van der Waals surface area (Å²) in [5, 5.41) is 2.86. The van der Waals surface area contributed by atoms with Crippen molar-refractivity contribution in [3.8, 4) is 0 Å². The van der Waals surface area contributed by atoms with E-state index in [4.69, 9.17) is 0 Å². The molecule has 0 radical (unpaired) electrons. The minimum absolute atomic E-state index is 0.255. The summed E-state index contributed by atoms with van der Waals surface area (Å²) in [5.41, 5.74) is 3.32. The largest absolute Gasteiger partial charge is 0.372 e. The number of carbonyl (C=O) groups excluding carboxylic acids is 3. The molecule has 0 atom stereocenters. The van der Waals surface area contributed by atoms with Crippen LogP contribution in [0, 0.1) is 0 Å². The van der Waals surface area contributed by atoms with Gasteiger partial charge in [0.05, 0.1) is 16.8 Å². The molecule has 1 aliphatic rings. The van der Waals surface area contributed by atoms with Gasteiger partial charge >= 0.3 is 0 Å². The van der Waals surface area contributed by atoms with Crippen LogP contribution in [0.4, 0.5) is 17.1 Å². The number of nitrogens with one attached hydrogen (secondary N) is 1. The van der Waals surface area contributed by atoms with Gasteiger partial charge in [0.15, 0.2) is 0 Å². The first-order valence-electron chi connectivity index (χ1n) is 10.8. The number of carbonyl (C=O) groups is 3. The van der Waals surface area contributed by atoms with Gasteiger partial charge in [-0.25, -0.2) is 4.90 Å². The van der Waals surface area contributed by atoms with Crippen molar-refractivity contribution < 1.29 is 14.4 Å². The molecule has 6 nitrogen and oxygen atoms in total. The summed E-state index contributed by atoms with van der Waals surface area (Å²) in [6.45, 7) is 6.12. The zero-order valence-electron chi connectivity index (χ0n) is 18.2. The van der Waals surface area contributed by atoms with E-state index in [9.17, 15) is 14.4 Å². The van der Waals surface area contributed by atoms with Gasteiger partial charge < -0.3 is 10.2 Å². The molecule has 1 aliphatic heterocycles. The Balaban J connectivity index is 1.51.